The van der Waals surface area contributed by atoms with E-state index in [4.69, 9.17) is 9.47 Å². The van der Waals surface area contributed by atoms with Crippen LogP contribution in [0.25, 0.3) is 11.0 Å². The van der Waals surface area contributed by atoms with E-state index in [1.165, 1.54) is 7.11 Å². The van der Waals surface area contributed by atoms with Gasteiger partial charge in [0.25, 0.3) is 0 Å². The van der Waals surface area contributed by atoms with Crippen LogP contribution in [-0.2, 0) is 9.53 Å². The molecule has 2 unspecified atom stereocenters. The van der Waals surface area contributed by atoms with Crippen LogP contribution in [0.5, 0.6) is 5.88 Å². The van der Waals surface area contributed by atoms with E-state index in [1.54, 1.807) is 6.20 Å². The highest BCUT2D eigenvalue weighted by Crippen LogP contribution is 2.30. The normalized spacial score (nSPS) is 19.2. The zero-order chi connectivity index (χ0) is 21.7. The first-order chi connectivity index (χ1) is 14.2. The Balaban J connectivity index is 1.61. The van der Waals surface area contributed by atoms with Gasteiger partial charge in [0.15, 0.2) is 0 Å². The van der Waals surface area contributed by atoms with E-state index < -0.39 is 11.7 Å². The zero-order valence-electron chi connectivity index (χ0n) is 18.0. The number of benzene rings is 1. The number of aromatic nitrogens is 2. The van der Waals surface area contributed by atoms with Crippen LogP contribution < -0.4 is 15.4 Å². The maximum atomic E-state index is 12.9. The first-order valence-corrected chi connectivity index (χ1v) is 10.3. The second kappa shape index (κ2) is 9.28. The number of nitrogens with zero attached hydrogens (tertiary/aromatic N) is 2. The molecule has 162 valence electrons. The number of ether oxygens (including phenoxy) is 2. The second-order valence-electron chi connectivity index (χ2n) is 8.69. The third-order valence-electron chi connectivity index (χ3n) is 5.11. The predicted octanol–water partition coefficient (Wildman–Crippen LogP) is 3.91. The fourth-order valence-corrected chi connectivity index (χ4v) is 3.71. The van der Waals surface area contributed by atoms with Gasteiger partial charge in [-0.25, -0.2) is 14.8 Å². The van der Waals surface area contributed by atoms with E-state index in [-0.39, 0.29) is 17.7 Å². The minimum atomic E-state index is -0.525. The van der Waals surface area contributed by atoms with Crippen LogP contribution in [0, 0.1) is 11.8 Å². The SMILES string of the molecule is COc1cnc2cccc(NC(=O)C3CCCC(CNC(=O)OC(C)(C)C)C3)c2n1. The summed E-state index contributed by atoms with van der Waals surface area (Å²) in [5, 5.41) is 5.84. The Kier molecular flexibility index (Phi) is 6.74. The van der Waals surface area contributed by atoms with Crippen molar-refractivity contribution in [2.24, 2.45) is 11.8 Å². The maximum Gasteiger partial charge on any atom is 0.407 e. The lowest BCUT2D eigenvalue weighted by Gasteiger charge is -2.29. The lowest BCUT2D eigenvalue weighted by atomic mass is 9.81. The molecule has 1 heterocycles. The fraction of sp³-hybridized carbons (Fsp3) is 0.545. The summed E-state index contributed by atoms with van der Waals surface area (Å²) in [7, 11) is 1.53. The van der Waals surface area contributed by atoms with Crippen molar-refractivity contribution < 1.29 is 19.1 Å². The predicted molar refractivity (Wildman–Crippen MR) is 114 cm³/mol. The summed E-state index contributed by atoms with van der Waals surface area (Å²) >= 11 is 0. The third-order valence-corrected chi connectivity index (χ3v) is 5.11. The summed E-state index contributed by atoms with van der Waals surface area (Å²) in [6, 6.07) is 5.50. The Morgan fingerprint density at radius 2 is 2.03 bits per heavy atom. The first-order valence-electron chi connectivity index (χ1n) is 10.3. The van der Waals surface area contributed by atoms with E-state index in [0.717, 1.165) is 25.7 Å². The minimum absolute atomic E-state index is 0.0333. The molecule has 1 saturated carbocycles. The van der Waals surface area contributed by atoms with Crippen LogP contribution >= 0.6 is 0 Å². The monoisotopic (exact) mass is 414 g/mol. The molecule has 1 aromatic carbocycles. The lowest BCUT2D eigenvalue weighted by molar-refractivity contribution is -0.121. The highest BCUT2D eigenvalue weighted by molar-refractivity contribution is 6.00. The number of hydrogen-bond donors (Lipinski definition) is 2. The van der Waals surface area contributed by atoms with Gasteiger partial charge in [-0.1, -0.05) is 12.5 Å². The molecule has 0 radical (unpaired) electrons. The number of para-hydroxylation sites is 1. The smallest absolute Gasteiger partial charge is 0.407 e. The molecule has 2 amide bonds. The standard InChI is InChI=1S/C22H30N4O4/c1-22(2,3)30-21(28)24-12-14-7-5-8-15(11-14)20(27)25-17-10-6-9-16-19(17)26-18(29-4)13-23-16/h6,9-10,13-15H,5,7-8,11-12H2,1-4H3,(H,24,28)(H,25,27). The van der Waals surface area contributed by atoms with Crippen molar-refractivity contribution in [2.75, 3.05) is 19.0 Å². The summed E-state index contributed by atoms with van der Waals surface area (Å²) in [5.74, 6) is 0.497. The molecule has 1 aliphatic rings. The van der Waals surface area contributed by atoms with Crippen LogP contribution in [0.4, 0.5) is 10.5 Å². The number of nitrogens with one attached hydrogen (secondary N) is 2. The Labute approximate surface area is 176 Å². The average molecular weight is 415 g/mol. The molecule has 1 aliphatic carbocycles. The highest BCUT2D eigenvalue weighted by Gasteiger charge is 2.28. The average Bonchev–Trinajstić information content (AvgIpc) is 2.71. The van der Waals surface area contributed by atoms with Crippen molar-refractivity contribution in [2.45, 2.75) is 52.1 Å². The Bertz CT molecular complexity index is 910. The van der Waals surface area contributed by atoms with Gasteiger partial charge < -0.3 is 20.1 Å². The summed E-state index contributed by atoms with van der Waals surface area (Å²) in [5.41, 5.74) is 1.39. The summed E-state index contributed by atoms with van der Waals surface area (Å²) in [4.78, 5) is 33.6. The molecule has 2 aromatic rings. The second-order valence-corrected chi connectivity index (χ2v) is 8.69. The molecule has 30 heavy (non-hydrogen) atoms. The minimum Gasteiger partial charge on any atom is -0.480 e. The van der Waals surface area contributed by atoms with Gasteiger partial charge in [-0.2, -0.15) is 0 Å². The number of fused-ring (bicyclic) bond motifs is 1. The molecule has 8 nitrogen and oxygen atoms in total. The van der Waals surface area contributed by atoms with Crippen LogP contribution in [-0.4, -0.2) is 41.2 Å². The zero-order valence-corrected chi connectivity index (χ0v) is 18.0. The van der Waals surface area contributed by atoms with Gasteiger partial charge in [-0.15, -0.1) is 0 Å². The number of rotatable bonds is 5. The molecule has 2 atom stereocenters. The first kappa shape index (κ1) is 21.8. The third kappa shape index (κ3) is 5.81. The van der Waals surface area contributed by atoms with Crippen molar-refractivity contribution in [1.82, 2.24) is 15.3 Å². The number of hydrogen-bond acceptors (Lipinski definition) is 6. The van der Waals surface area contributed by atoms with Gasteiger partial charge >= 0.3 is 6.09 Å². The number of carbonyl (C=O) groups excluding carboxylic acids is 2. The van der Waals surface area contributed by atoms with Crippen LogP contribution in [0.1, 0.15) is 46.5 Å². The Hall–Kier alpha value is -2.90. The van der Waals surface area contributed by atoms with Crippen molar-refractivity contribution in [3.8, 4) is 5.88 Å². The van der Waals surface area contributed by atoms with Gasteiger partial charge in [0.05, 0.1) is 24.5 Å². The van der Waals surface area contributed by atoms with Crippen molar-refractivity contribution in [3.63, 3.8) is 0 Å². The van der Waals surface area contributed by atoms with E-state index >= 15 is 0 Å². The summed E-state index contributed by atoms with van der Waals surface area (Å²) < 4.78 is 10.4. The molecule has 1 fully saturated rings. The molecule has 1 aromatic heterocycles. The van der Waals surface area contributed by atoms with Crippen molar-refractivity contribution >= 4 is 28.7 Å². The van der Waals surface area contributed by atoms with Gasteiger partial charge in [0, 0.05) is 12.5 Å². The van der Waals surface area contributed by atoms with Gasteiger partial charge in [-0.3, -0.25) is 4.79 Å². The quantitative estimate of drug-likeness (QED) is 0.769. The molecule has 8 heteroatoms. The molecular weight excluding hydrogens is 384 g/mol. The number of anilines is 1. The number of methoxy groups -OCH3 is 1. The molecule has 0 saturated heterocycles. The lowest BCUT2D eigenvalue weighted by Crippen LogP contribution is -2.37. The van der Waals surface area contributed by atoms with Crippen LogP contribution in [0.15, 0.2) is 24.4 Å². The molecular formula is C22H30N4O4. The largest absolute Gasteiger partial charge is 0.480 e. The molecule has 0 aliphatic heterocycles. The molecule has 0 bridgehead atoms. The molecule has 2 N–H and O–H groups in total. The van der Waals surface area contributed by atoms with Crippen molar-refractivity contribution in [1.29, 1.82) is 0 Å². The summed E-state index contributed by atoms with van der Waals surface area (Å²) in [6.45, 7) is 6.01. The van der Waals surface area contributed by atoms with Crippen LogP contribution in [0.3, 0.4) is 0 Å². The maximum absolute atomic E-state index is 12.9. The van der Waals surface area contributed by atoms with Gasteiger partial charge in [-0.05, 0) is 58.1 Å². The highest BCUT2D eigenvalue weighted by atomic mass is 16.6. The van der Waals surface area contributed by atoms with Crippen molar-refractivity contribution in [3.05, 3.63) is 24.4 Å². The number of carbonyl (C=O) groups is 2. The Morgan fingerprint density at radius 1 is 1.23 bits per heavy atom. The van der Waals surface area contributed by atoms with Gasteiger partial charge in [0.1, 0.15) is 11.1 Å². The van der Waals surface area contributed by atoms with Crippen LogP contribution in [0.2, 0.25) is 0 Å². The fourth-order valence-electron chi connectivity index (χ4n) is 3.71. The van der Waals surface area contributed by atoms with E-state index in [2.05, 4.69) is 20.6 Å². The Morgan fingerprint density at radius 3 is 2.77 bits per heavy atom. The summed E-state index contributed by atoms with van der Waals surface area (Å²) in [6.07, 6.45) is 4.61. The topological polar surface area (TPSA) is 102 Å². The van der Waals surface area contributed by atoms with E-state index in [0.29, 0.717) is 29.1 Å². The van der Waals surface area contributed by atoms with Gasteiger partial charge in [0.2, 0.25) is 11.8 Å². The van der Waals surface area contributed by atoms with E-state index in [9.17, 15) is 9.59 Å². The number of amides is 2. The molecule has 3 rings (SSSR count). The van der Waals surface area contributed by atoms with E-state index in [1.807, 2.05) is 39.0 Å². The molecule has 0 spiro atoms. The number of alkyl carbamates (subject to hydrolysis) is 1.